The van der Waals surface area contributed by atoms with Gasteiger partial charge in [-0.3, -0.25) is 9.36 Å². The van der Waals surface area contributed by atoms with Crippen molar-refractivity contribution in [1.29, 1.82) is 0 Å². The zero-order valence-corrected chi connectivity index (χ0v) is 12.3. The van der Waals surface area contributed by atoms with Crippen LogP contribution in [0.4, 0.5) is 5.95 Å². The van der Waals surface area contributed by atoms with Crippen LogP contribution in [0.1, 0.15) is 37.4 Å². The molecule has 104 valence electrons. The summed E-state index contributed by atoms with van der Waals surface area (Å²) in [4.78, 5) is 18.4. The number of hydrogen-bond donors (Lipinski definition) is 0. The molecule has 2 aliphatic heterocycles. The van der Waals surface area contributed by atoms with Crippen LogP contribution in [-0.4, -0.2) is 15.2 Å². The third kappa shape index (κ3) is 1.53. The second kappa shape index (κ2) is 3.73. The molecule has 1 atom stereocenters. The monoisotopic (exact) mass is 290 g/mol. The molecule has 4 heterocycles. The van der Waals surface area contributed by atoms with E-state index in [0.717, 1.165) is 27.1 Å². The van der Waals surface area contributed by atoms with Crippen molar-refractivity contribution in [1.82, 2.24) is 9.55 Å². The smallest absolute Gasteiger partial charge is 0.283 e. The molecule has 0 aromatic carbocycles. The first-order valence-corrected chi connectivity index (χ1v) is 7.39. The summed E-state index contributed by atoms with van der Waals surface area (Å²) in [6.07, 6.45) is 0.635. The summed E-state index contributed by atoms with van der Waals surface area (Å²) in [5, 5.41) is 8.80. The lowest BCUT2D eigenvalue weighted by atomic mass is 9.94. The fraction of sp³-hybridized carbons (Fsp3) is 0.538. The van der Waals surface area contributed by atoms with Crippen LogP contribution >= 0.6 is 11.3 Å². The largest absolute Gasteiger partial charge is 0.370 e. The lowest BCUT2D eigenvalue weighted by Crippen LogP contribution is -2.31. The fourth-order valence-electron chi connectivity index (χ4n) is 2.81. The van der Waals surface area contributed by atoms with Crippen molar-refractivity contribution in [2.45, 2.75) is 45.6 Å². The number of fused-ring (bicyclic) bond motifs is 5. The number of nitrogens with zero attached hydrogens (tertiary/aromatic N) is 4. The molecule has 0 saturated heterocycles. The van der Waals surface area contributed by atoms with E-state index in [1.165, 1.54) is 0 Å². The van der Waals surface area contributed by atoms with Gasteiger partial charge in [-0.1, -0.05) is 0 Å². The maximum absolute atomic E-state index is 12.3. The van der Waals surface area contributed by atoms with Gasteiger partial charge in [0.1, 0.15) is 11.0 Å². The summed E-state index contributed by atoms with van der Waals surface area (Å²) in [6, 6.07) is 0. The summed E-state index contributed by atoms with van der Waals surface area (Å²) in [7, 11) is 0. The second-order valence-electron chi connectivity index (χ2n) is 5.84. The highest BCUT2D eigenvalue weighted by molar-refractivity contribution is 7.18. The van der Waals surface area contributed by atoms with E-state index in [1.54, 1.807) is 11.3 Å². The van der Waals surface area contributed by atoms with E-state index in [4.69, 9.17) is 4.74 Å². The Hall–Kier alpha value is -1.60. The first-order chi connectivity index (χ1) is 9.46. The van der Waals surface area contributed by atoms with Crippen LogP contribution in [0.5, 0.6) is 0 Å². The van der Waals surface area contributed by atoms with Crippen molar-refractivity contribution < 1.29 is 4.74 Å². The van der Waals surface area contributed by atoms with Crippen LogP contribution in [-0.2, 0) is 17.8 Å². The third-order valence-electron chi connectivity index (χ3n) is 3.81. The highest BCUT2D eigenvalue weighted by Crippen LogP contribution is 2.40. The van der Waals surface area contributed by atoms with Gasteiger partial charge >= 0.3 is 0 Å². The summed E-state index contributed by atoms with van der Waals surface area (Å²) in [5.41, 5.74) is 0.653. The summed E-state index contributed by atoms with van der Waals surface area (Å²) in [5.74, 6) is 0.411. The van der Waals surface area contributed by atoms with Crippen molar-refractivity contribution in [3.63, 3.8) is 0 Å². The quantitative estimate of drug-likeness (QED) is 0.749. The Balaban J connectivity index is 2.07. The molecule has 2 aromatic heterocycles. The van der Waals surface area contributed by atoms with E-state index in [0.29, 0.717) is 12.6 Å². The lowest BCUT2D eigenvalue weighted by molar-refractivity contribution is -0.0379. The molecular formula is C13H14N4O2S. The normalized spacial score (nSPS) is 23.1. The Labute approximate surface area is 119 Å². The number of thiophene rings is 1. The minimum absolute atomic E-state index is 0.102. The predicted octanol–water partition coefficient (Wildman–Crippen LogP) is 2.93. The molecule has 1 unspecified atom stereocenters. The van der Waals surface area contributed by atoms with E-state index in [9.17, 15) is 4.79 Å². The Bertz CT molecular complexity index is 818. The first-order valence-electron chi connectivity index (χ1n) is 6.58. The molecule has 0 amide bonds. The van der Waals surface area contributed by atoms with Gasteiger partial charge < -0.3 is 4.74 Å². The van der Waals surface area contributed by atoms with E-state index < -0.39 is 0 Å². The lowest BCUT2D eigenvalue weighted by Gasteiger charge is -2.29. The molecule has 7 heteroatoms. The van der Waals surface area contributed by atoms with Gasteiger partial charge in [-0.25, -0.2) is 0 Å². The minimum Gasteiger partial charge on any atom is -0.370 e. The van der Waals surface area contributed by atoms with Crippen molar-refractivity contribution in [2.24, 2.45) is 10.2 Å². The molecule has 20 heavy (non-hydrogen) atoms. The van der Waals surface area contributed by atoms with Crippen molar-refractivity contribution >= 4 is 27.5 Å². The Morgan fingerprint density at radius 3 is 3.05 bits per heavy atom. The Morgan fingerprint density at radius 1 is 1.45 bits per heavy atom. The number of hydrogen-bond acceptors (Lipinski definition) is 6. The summed E-state index contributed by atoms with van der Waals surface area (Å²) >= 11 is 1.60. The van der Waals surface area contributed by atoms with Gasteiger partial charge in [-0.05, 0) is 26.3 Å². The molecule has 0 aliphatic carbocycles. The Morgan fingerprint density at radius 2 is 2.25 bits per heavy atom. The first kappa shape index (κ1) is 12.2. The molecule has 2 aromatic rings. The molecule has 0 fully saturated rings. The van der Waals surface area contributed by atoms with Crippen LogP contribution in [0, 0.1) is 0 Å². The van der Waals surface area contributed by atoms with Crippen molar-refractivity contribution in [3.05, 3.63) is 20.8 Å². The van der Waals surface area contributed by atoms with Crippen molar-refractivity contribution in [2.75, 3.05) is 0 Å². The van der Waals surface area contributed by atoms with Gasteiger partial charge in [0, 0.05) is 11.3 Å². The number of ether oxygens (including phenoxy) is 1. The van der Waals surface area contributed by atoms with Crippen molar-refractivity contribution in [3.8, 4) is 0 Å². The summed E-state index contributed by atoms with van der Waals surface area (Å²) < 4.78 is 7.78. The van der Waals surface area contributed by atoms with E-state index in [2.05, 4.69) is 15.2 Å². The Kier molecular flexibility index (Phi) is 2.27. The standard InChI is InChI=1S/C13H14N4O2S/c1-6-15-16-12-14-10(18)9-7-4-13(2,3)19-5-8(7)20-11(9)17(6)12/h6H,4-5H2,1-3H3. The maximum atomic E-state index is 12.3. The minimum atomic E-state index is -0.239. The van der Waals surface area contributed by atoms with Gasteiger partial charge in [0.05, 0.1) is 17.6 Å². The molecular weight excluding hydrogens is 276 g/mol. The van der Waals surface area contributed by atoms with Gasteiger partial charge in [0.2, 0.25) is 0 Å². The van der Waals surface area contributed by atoms with E-state index in [1.807, 2.05) is 25.3 Å². The average molecular weight is 290 g/mol. The molecule has 0 N–H and O–H groups in total. The number of azo groups is 1. The van der Waals surface area contributed by atoms with E-state index >= 15 is 0 Å². The average Bonchev–Trinajstić information content (AvgIpc) is 2.89. The van der Waals surface area contributed by atoms with Gasteiger partial charge in [0.15, 0.2) is 0 Å². The third-order valence-corrected chi connectivity index (χ3v) is 5.01. The molecule has 0 spiro atoms. The molecule has 0 saturated carbocycles. The maximum Gasteiger partial charge on any atom is 0.283 e. The number of aromatic nitrogens is 2. The molecule has 2 aliphatic rings. The summed E-state index contributed by atoms with van der Waals surface area (Å²) in [6.45, 7) is 6.60. The van der Waals surface area contributed by atoms with Gasteiger partial charge in [0.25, 0.3) is 11.5 Å². The zero-order chi connectivity index (χ0) is 14.1. The predicted molar refractivity (Wildman–Crippen MR) is 75.7 cm³/mol. The SMILES string of the molecule is CC1N=Nc2nc(=O)c3c4c(sc3n21)COC(C)(C)C4. The van der Waals surface area contributed by atoms with E-state index in [-0.39, 0.29) is 17.3 Å². The van der Waals surface area contributed by atoms with Gasteiger partial charge in [-0.15, -0.1) is 16.5 Å². The van der Waals surface area contributed by atoms with Crippen LogP contribution in [0.3, 0.4) is 0 Å². The molecule has 0 radical (unpaired) electrons. The van der Waals surface area contributed by atoms with Crippen LogP contribution in [0.25, 0.3) is 10.2 Å². The molecule has 6 nitrogen and oxygen atoms in total. The molecule has 4 rings (SSSR count). The highest BCUT2D eigenvalue weighted by atomic mass is 32.1. The van der Waals surface area contributed by atoms with Crippen LogP contribution < -0.4 is 5.56 Å². The zero-order valence-electron chi connectivity index (χ0n) is 11.5. The van der Waals surface area contributed by atoms with Gasteiger partial charge in [-0.2, -0.15) is 10.1 Å². The van der Waals surface area contributed by atoms with Crippen LogP contribution in [0.15, 0.2) is 15.0 Å². The highest BCUT2D eigenvalue weighted by Gasteiger charge is 2.32. The number of rotatable bonds is 0. The molecule has 0 bridgehead atoms. The fourth-order valence-corrected chi connectivity index (χ4v) is 4.11. The topological polar surface area (TPSA) is 68.8 Å². The second-order valence-corrected chi connectivity index (χ2v) is 6.93. The van der Waals surface area contributed by atoms with Crippen LogP contribution in [0.2, 0.25) is 0 Å².